The summed E-state index contributed by atoms with van der Waals surface area (Å²) in [6.45, 7) is 5.36. The fraction of sp³-hybridized carbons (Fsp3) is 0.692. The van der Waals surface area contributed by atoms with Crippen molar-refractivity contribution in [3.8, 4) is 0 Å². The molecular weight excluding hydrogens is 200 g/mol. The van der Waals surface area contributed by atoms with Crippen molar-refractivity contribution in [3.05, 3.63) is 23.3 Å². The second kappa shape index (κ2) is 5.13. The summed E-state index contributed by atoms with van der Waals surface area (Å²) in [5, 5.41) is 9.86. The number of likely N-dealkylation sites (tertiary alicyclic amines) is 1. The van der Waals surface area contributed by atoms with Gasteiger partial charge in [-0.3, -0.25) is 4.90 Å². The molecule has 3 heteroatoms. The van der Waals surface area contributed by atoms with Crippen molar-refractivity contribution in [2.24, 2.45) is 5.73 Å². The lowest BCUT2D eigenvalue weighted by Gasteiger charge is -2.19. The Morgan fingerprint density at radius 3 is 2.69 bits per heavy atom. The van der Waals surface area contributed by atoms with Crippen LogP contribution < -0.4 is 5.73 Å². The summed E-state index contributed by atoms with van der Waals surface area (Å²) in [5.74, 6) is 0. The van der Waals surface area contributed by atoms with Gasteiger partial charge >= 0.3 is 0 Å². The van der Waals surface area contributed by atoms with E-state index in [-0.39, 0.29) is 6.04 Å². The number of rotatable bonds is 4. The van der Waals surface area contributed by atoms with Gasteiger partial charge in [0, 0.05) is 12.6 Å². The van der Waals surface area contributed by atoms with Crippen LogP contribution in [0, 0.1) is 0 Å². The van der Waals surface area contributed by atoms with Crippen LogP contribution in [-0.2, 0) is 0 Å². The van der Waals surface area contributed by atoms with Crippen LogP contribution in [0.15, 0.2) is 23.3 Å². The average molecular weight is 222 g/mol. The molecule has 0 aromatic rings. The molecule has 1 saturated heterocycles. The first-order valence-electron chi connectivity index (χ1n) is 6.21. The average Bonchev–Trinajstić information content (AvgIpc) is 2.88. The number of hydrogen-bond acceptors (Lipinski definition) is 3. The summed E-state index contributed by atoms with van der Waals surface area (Å²) in [6.07, 6.45) is 7.27. The highest BCUT2D eigenvalue weighted by molar-refractivity contribution is 5.34. The maximum Gasteiger partial charge on any atom is 0.0904 e. The largest absolute Gasteiger partial charge is 0.387 e. The minimum Gasteiger partial charge on any atom is -0.387 e. The molecule has 1 aliphatic heterocycles. The SMILES string of the molecule is CC(N)C(O)C1=CC=C(CN2CCCC2)C1. The van der Waals surface area contributed by atoms with Gasteiger partial charge in [-0.2, -0.15) is 0 Å². The van der Waals surface area contributed by atoms with Crippen LogP contribution in [0.2, 0.25) is 0 Å². The molecule has 16 heavy (non-hydrogen) atoms. The molecule has 2 aliphatic rings. The minimum atomic E-state index is -0.479. The Bertz CT molecular complexity index is 301. The van der Waals surface area contributed by atoms with E-state index in [4.69, 9.17) is 5.73 Å². The number of nitrogens with two attached hydrogens (primary N) is 1. The van der Waals surface area contributed by atoms with Gasteiger partial charge in [-0.05, 0) is 44.8 Å². The first-order valence-corrected chi connectivity index (χ1v) is 6.21. The van der Waals surface area contributed by atoms with E-state index in [1.807, 2.05) is 13.0 Å². The number of aliphatic hydroxyl groups excluding tert-OH is 1. The van der Waals surface area contributed by atoms with E-state index in [0.29, 0.717) is 0 Å². The van der Waals surface area contributed by atoms with Crippen molar-refractivity contribution in [1.82, 2.24) is 4.90 Å². The molecule has 3 N–H and O–H groups in total. The van der Waals surface area contributed by atoms with Crippen LogP contribution in [0.1, 0.15) is 26.2 Å². The molecule has 1 fully saturated rings. The predicted molar refractivity (Wildman–Crippen MR) is 66.1 cm³/mol. The molecule has 90 valence electrons. The third kappa shape index (κ3) is 2.73. The highest BCUT2D eigenvalue weighted by Crippen LogP contribution is 2.24. The molecule has 0 spiro atoms. The van der Waals surface area contributed by atoms with Gasteiger partial charge in [0.25, 0.3) is 0 Å². The first-order chi connectivity index (χ1) is 7.66. The van der Waals surface area contributed by atoms with E-state index in [2.05, 4.69) is 11.0 Å². The monoisotopic (exact) mass is 222 g/mol. The van der Waals surface area contributed by atoms with E-state index in [9.17, 15) is 5.11 Å². The van der Waals surface area contributed by atoms with Crippen molar-refractivity contribution < 1.29 is 5.11 Å². The standard InChI is InChI=1S/C13H22N2O/c1-10(14)13(16)12-5-4-11(8-12)9-15-6-2-3-7-15/h4-5,10,13,16H,2-3,6-9,14H2,1H3. The van der Waals surface area contributed by atoms with Crippen LogP contribution >= 0.6 is 0 Å². The summed E-state index contributed by atoms with van der Waals surface area (Å²) < 4.78 is 0. The number of allylic oxidation sites excluding steroid dienone is 2. The summed E-state index contributed by atoms with van der Waals surface area (Å²) in [4.78, 5) is 2.49. The minimum absolute atomic E-state index is 0.175. The molecule has 3 nitrogen and oxygen atoms in total. The molecule has 1 heterocycles. The van der Waals surface area contributed by atoms with Crippen LogP contribution in [-0.4, -0.2) is 41.8 Å². The van der Waals surface area contributed by atoms with Crippen molar-refractivity contribution in [2.45, 2.75) is 38.3 Å². The van der Waals surface area contributed by atoms with Gasteiger partial charge in [0.15, 0.2) is 0 Å². The molecule has 0 saturated carbocycles. The molecule has 0 radical (unpaired) electrons. The molecule has 2 rings (SSSR count). The van der Waals surface area contributed by atoms with Crippen LogP contribution in [0.4, 0.5) is 0 Å². The lowest BCUT2D eigenvalue weighted by Crippen LogP contribution is -2.33. The zero-order valence-electron chi connectivity index (χ0n) is 10.0. The highest BCUT2D eigenvalue weighted by Gasteiger charge is 2.21. The Labute approximate surface area is 97.6 Å². The van der Waals surface area contributed by atoms with Crippen molar-refractivity contribution in [2.75, 3.05) is 19.6 Å². The van der Waals surface area contributed by atoms with E-state index < -0.39 is 6.10 Å². The van der Waals surface area contributed by atoms with Gasteiger partial charge in [0.2, 0.25) is 0 Å². The molecular formula is C13H22N2O. The summed E-state index contributed by atoms with van der Waals surface area (Å²) in [5.41, 5.74) is 8.19. The molecule has 1 aliphatic carbocycles. The van der Waals surface area contributed by atoms with Gasteiger partial charge in [0.05, 0.1) is 6.10 Å². The maximum atomic E-state index is 9.86. The topological polar surface area (TPSA) is 49.5 Å². The smallest absolute Gasteiger partial charge is 0.0904 e. The van der Waals surface area contributed by atoms with Crippen molar-refractivity contribution in [1.29, 1.82) is 0 Å². The second-order valence-electron chi connectivity index (χ2n) is 5.03. The normalized spacial score (nSPS) is 25.4. The second-order valence-corrected chi connectivity index (χ2v) is 5.03. The molecule has 0 aromatic heterocycles. The van der Waals surface area contributed by atoms with E-state index >= 15 is 0 Å². The Kier molecular flexibility index (Phi) is 3.79. The molecule has 0 amide bonds. The Hall–Kier alpha value is -0.640. The van der Waals surface area contributed by atoms with E-state index in [1.165, 1.54) is 31.5 Å². The van der Waals surface area contributed by atoms with Crippen LogP contribution in [0.5, 0.6) is 0 Å². The van der Waals surface area contributed by atoms with Gasteiger partial charge in [-0.15, -0.1) is 0 Å². The quantitative estimate of drug-likeness (QED) is 0.747. The van der Waals surface area contributed by atoms with Gasteiger partial charge < -0.3 is 10.8 Å². The third-order valence-corrected chi connectivity index (χ3v) is 3.47. The predicted octanol–water partition coefficient (Wildman–Crippen LogP) is 1.05. The lowest BCUT2D eigenvalue weighted by molar-refractivity contribution is 0.184. The van der Waals surface area contributed by atoms with Crippen molar-refractivity contribution >= 4 is 0 Å². The summed E-state index contributed by atoms with van der Waals surface area (Å²) >= 11 is 0. The fourth-order valence-corrected chi connectivity index (χ4v) is 2.48. The number of aliphatic hydroxyl groups is 1. The van der Waals surface area contributed by atoms with Crippen LogP contribution in [0.25, 0.3) is 0 Å². The fourth-order valence-electron chi connectivity index (χ4n) is 2.48. The summed E-state index contributed by atoms with van der Waals surface area (Å²) in [6, 6.07) is -0.175. The first kappa shape index (κ1) is 11.8. The Morgan fingerprint density at radius 1 is 1.38 bits per heavy atom. The van der Waals surface area contributed by atoms with Gasteiger partial charge in [0.1, 0.15) is 0 Å². The van der Waals surface area contributed by atoms with Gasteiger partial charge in [-0.25, -0.2) is 0 Å². The highest BCUT2D eigenvalue weighted by atomic mass is 16.3. The molecule has 0 bridgehead atoms. The molecule has 0 aromatic carbocycles. The molecule has 2 atom stereocenters. The zero-order chi connectivity index (χ0) is 11.5. The maximum absolute atomic E-state index is 9.86. The van der Waals surface area contributed by atoms with Crippen molar-refractivity contribution in [3.63, 3.8) is 0 Å². The Balaban J connectivity index is 1.81. The molecule has 2 unspecified atom stereocenters. The summed E-state index contributed by atoms with van der Waals surface area (Å²) in [7, 11) is 0. The number of hydrogen-bond donors (Lipinski definition) is 2. The lowest BCUT2D eigenvalue weighted by atomic mass is 10.0. The third-order valence-electron chi connectivity index (χ3n) is 3.47. The van der Waals surface area contributed by atoms with E-state index in [0.717, 1.165) is 18.5 Å². The van der Waals surface area contributed by atoms with Gasteiger partial charge in [-0.1, -0.05) is 17.7 Å². The van der Waals surface area contributed by atoms with Crippen LogP contribution in [0.3, 0.4) is 0 Å². The van der Waals surface area contributed by atoms with E-state index in [1.54, 1.807) is 0 Å². The zero-order valence-corrected chi connectivity index (χ0v) is 10.0. The number of nitrogens with zero attached hydrogens (tertiary/aromatic N) is 1. The Morgan fingerprint density at radius 2 is 2.06 bits per heavy atom.